The zero-order chi connectivity index (χ0) is 31.4. The number of amides is 2. The molecular weight excluding hydrogens is 583 g/mol. The number of ether oxygens (including phenoxy) is 2. The highest BCUT2D eigenvalue weighted by atomic mass is 32.2. The van der Waals surface area contributed by atoms with E-state index in [0.717, 1.165) is 39.0 Å². The van der Waals surface area contributed by atoms with Crippen LogP contribution in [0.3, 0.4) is 0 Å². The topological polar surface area (TPSA) is 96.5 Å². The normalized spacial score (nSPS) is 19.3. The van der Waals surface area contributed by atoms with Crippen LogP contribution in [0.25, 0.3) is 6.08 Å². The van der Waals surface area contributed by atoms with E-state index in [0.29, 0.717) is 24.0 Å². The Morgan fingerprint density at radius 3 is 2.47 bits per heavy atom. The molecule has 2 aromatic carbocycles. The number of piperidine rings is 1. The molecule has 0 radical (unpaired) electrons. The average Bonchev–Trinajstić information content (AvgIpc) is 3.16. The lowest BCUT2D eigenvalue weighted by atomic mass is 10.0. The van der Waals surface area contributed by atoms with Gasteiger partial charge in [0.15, 0.2) is 0 Å². The summed E-state index contributed by atoms with van der Waals surface area (Å²) in [5.41, 5.74) is 1.47. The van der Waals surface area contributed by atoms with E-state index in [1.807, 2.05) is 69.3 Å². The summed E-state index contributed by atoms with van der Waals surface area (Å²) in [6.45, 7) is 12.8. The molecule has 11 heteroatoms. The second kappa shape index (κ2) is 13.1. The van der Waals surface area contributed by atoms with Crippen molar-refractivity contribution in [3.8, 4) is 5.75 Å². The molecule has 9 nitrogen and oxygen atoms in total. The Balaban J connectivity index is 1.62. The molecule has 2 saturated heterocycles. The van der Waals surface area contributed by atoms with Gasteiger partial charge in [-0.3, -0.25) is 4.79 Å². The maximum absolute atomic E-state index is 13.6. The third-order valence-corrected chi connectivity index (χ3v) is 10.9. The summed E-state index contributed by atoms with van der Waals surface area (Å²) in [6.07, 6.45) is 6.35. The Hall–Kier alpha value is -3.31. The number of hydrogen-bond donors (Lipinski definition) is 0. The molecule has 2 aromatic rings. The highest BCUT2D eigenvalue weighted by molar-refractivity contribution is 7.91. The van der Waals surface area contributed by atoms with Gasteiger partial charge in [0.25, 0.3) is 5.91 Å². The van der Waals surface area contributed by atoms with Gasteiger partial charge in [0, 0.05) is 21.2 Å². The molecule has 1 unspecified atom stereocenters. The van der Waals surface area contributed by atoms with Crippen LogP contribution in [0.5, 0.6) is 5.75 Å². The smallest absolute Gasteiger partial charge is 0.410 e. The number of carbonyl (C=O) groups is 2. The molecule has 2 aliphatic heterocycles. The summed E-state index contributed by atoms with van der Waals surface area (Å²) >= 11 is 0. The van der Waals surface area contributed by atoms with Crippen molar-refractivity contribution in [2.75, 3.05) is 23.9 Å². The fourth-order valence-corrected chi connectivity index (χ4v) is 7.64. The molecule has 0 saturated carbocycles. The van der Waals surface area contributed by atoms with Crippen LogP contribution < -0.4 is 9.04 Å². The van der Waals surface area contributed by atoms with Crippen LogP contribution >= 0.6 is 0 Å². The van der Waals surface area contributed by atoms with Crippen molar-refractivity contribution in [2.24, 2.45) is 0 Å². The van der Waals surface area contributed by atoms with E-state index in [-0.39, 0.29) is 31.8 Å². The number of benzene rings is 2. The molecule has 43 heavy (non-hydrogen) atoms. The molecule has 234 valence electrons. The third-order valence-electron chi connectivity index (χ3n) is 7.36. The minimum atomic E-state index is -4.05. The van der Waals surface area contributed by atoms with E-state index in [9.17, 15) is 18.0 Å². The van der Waals surface area contributed by atoms with E-state index < -0.39 is 29.8 Å². The van der Waals surface area contributed by atoms with Crippen molar-refractivity contribution in [1.82, 2.24) is 9.21 Å². The number of nitrogens with zero attached hydrogens (tertiary/aromatic N) is 3. The first-order chi connectivity index (χ1) is 20.1. The fraction of sp³-hybridized carbons (Fsp3) is 0.500. The maximum atomic E-state index is 13.6. The zero-order valence-corrected chi connectivity index (χ0v) is 28.0. The van der Waals surface area contributed by atoms with E-state index in [1.165, 1.54) is 0 Å². The first-order valence-electron chi connectivity index (χ1n) is 15.0. The van der Waals surface area contributed by atoms with Gasteiger partial charge in [-0.15, -0.1) is 0 Å². The van der Waals surface area contributed by atoms with Crippen LogP contribution in [0.1, 0.15) is 51.2 Å². The highest BCUT2D eigenvalue weighted by Crippen LogP contribution is 2.36. The Morgan fingerprint density at radius 1 is 1.07 bits per heavy atom. The molecule has 0 aromatic heterocycles. The molecule has 0 bridgehead atoms. The second-order valence-corrected chi connectivity index (χ2v) is 20.8. The number of likely N-dealkylation sites (tertiary alicyclic amines) is 1. The van der Waals surface area contributed by atoms with Gasteiger partial charge in [0.1, 0.15) is 24.5 Å². The lowest BCUT2D eigenvalue weighted by Gasteiger charge is -2.35. The first kappa shape index (κ1) is 32.6. The Labute approximate surface area is 257 Å². The fourth-order valence-electron chi connectivity index (χ4n) is 5.04. The molecule has 2 aliphatic rings. The molecule has 2 heterocycles. The van der Waals surface area contributed by atoms with Crippen molar-refractivity contribution < 1.29 is 27.5 Å². The number of hydrogen-bond acceptors (Lipinski definition) is 6. The third kappa shape index (κ3) is 8.63. The summed E-state index contributed by atoms with van der Waals surface area (Å²) in [4.78, 5) is 27.6. The summed E-state index contributed by atoms with van der Waals surface area (Å²) in [7, 11) is -5.62. The van der Waals surface area contributed by atoms with Crippen molar-refractivity contribution in [3.05, 3.63) is 65.7 Å². The zero-order valence-electron chi connectivity index (χ0n) is 26.2. The van der Waals surface area contributed by atoms with Crippen LogP contribution in [0.15, 0.2) is 54.6 Å². The summed E-state index contributed by atoms with van der Waals surface area (Å²) in [5, 5.41) is 0. The van der Waals surface area contributed by atoms with Crippen LogP contribution in [0.2, 0.25) is 25.7 Å². The predicted octanol–water partition coefficient (Wildman–Crippen LogP) is 6.30. The van der Waals surface area contributed by atoms with Crippen molar-refractivity contribution >= 4 is 42.0 Å². The van der Waals surface area contributed by atoms with Crippen LogP contribution in [-0.4, -0.2) is 69.0 Å². The van der Waals surface area contributed by atoms with Crippen LogP contribution in [0, 0.1) is 0 Å². The van der Waals surface area contributed by atoms with E-state index >= 15 is 0 Å². The quantitative estimate of drug-likeness (QED) is 0.303. The average molecular weight is 628 g/mol. The minimum Gasteiger partial charge on any atom is -0.487 e. The minimum absolute atomic E-state index is 0.117. The van der Waals surface area contributed by atoms with E-state index in [4.69, 9.17) is 9.47 Å². The maximum Gasteiger partial charge on any atom is 0.410 e. The number of anilines is 1. The summed E-state index contributed by atoms with van der Waals surface area (Å²) in [6, 6.07) is 15.5. The number of rotatable bonds is 9. The van der Waals surface area contributed by atoms with Gasteiger partial charge in [0.2, 0.25) is 0 Å². The Morgan fingerprint density at radius 2 is 1.79 bits per heavy atom. The molecule has 1 atom stereocenters. The molecule has 2 amide bonds. The number of carbonyl (C=O) groups excluding carboxylic acids is 2. The standard InChI is InChI=1S/C32H45N3O6SSi/c1-32(2,3)41-31(37)33-19-11-10-14-27(33)17-15-25-16-18-28(29(22-25)40-24-26-12-8-7-9-13-26)35-23-30(36)34(42(35,38)39)20-21-43(4,5)6/h7-9,12-13,15-18,22,27H,10-11,14,19-21,23-24H2,1-6H3/b17-15+. The second-order valence-electron chi connectivity index (χ2n) is 13.4. The van der Waals surface area contributed by atoms with Gasteiger partial charge in [-0.2, -0.15) is 8.42 Å². The largest absolute Gasteiger partial charge is 0.487 e. The highest BCUT2D eigenvalue weighted by Gasteiger charge is 2.44. The van der Waals surface area contributed by atoms with Gasteiger partial charge < -0.3 is 14.4 Å². The molecule has 0 spiro atoms. The molecular formula is C32H45N3O6SSi. The Kier molecular flexibility index (Phi) is 9.95. The predicted molar refractivity (Wildman–Crippen MR) is 173 cm³/mol. The monoisotopic (exact) mass is 627 g/mol. The van der Waals surface area contributed by atoms with Crippen LogP contribution in [0.4, 0.5) is 10.5 Å². The van der Waals surface area contributed by atoms with Crippen LogP contribution in [-0.2, 0) is 26.3 Å². The van der Waals surface area contributed by atoms with Gasteiger partial charge in [-0.05, 0) is 69.3 Å². The van der Waals surface area contributed by atoms with Crippen molar-refractivity contribution in [1.29, 1.82) is 0 Å². The molecule has 4 rings (SSSR count). The van der Waals surface area contributed by atoms with Crippen molar-refractivity contribution in [2.45, 2.75) is 84.0 Å². The first-order valence-corrected chi connectivity index (χ1v) is 20.1. The van der Waals surface area contributed by atoms with Crippen molar-refractivity contribution in [3.63, 3.8) is 0 Å². The van der Waals surface area contributed by atoms with Gasteiger partial charge in [0.05, 0.1) is 11.7 Å². The molecule has 0 N–H and O–H groups in total. The molecule has 2 fully saturated rings. The summed E-state index contributed by atoms with van der Waals surface area (Å²) < 4.78 is 41.2. The van der Waals surface area contributed by atoms with Gasteiger partial charge in [-0.25, -0.2) is 13.4 Å². The summed E-state index contributed by atoms with van der Waals surface area (Å²) in [5.74, 6) is -0.0715. The van der Waals surface area contributed by atoms with E-state index in [2.05, 4.69) is 19.6 Å². The Bertz CT molecular complexity index is 1430. The van der Waals surface area contributed by atoms with Gasteiger partial charge in [-0.1, -0.05) is 68.2 Å². The lowest BCUT2D eigenvalue weighted by molar-refractivity contribution is -0.123. The molecule has 0 aliphatic carbocycles. The van der Waals surface area contributed by atoms with Gasteiger partial charge >= 0.3 is 16.3 Å². The lowest BCUT2D eigenvalue weighted by Crippen LogP contribution is -2.45. The SMILES string of the molecule is CC(C)(C)OC(=O)N1CCCCC1/C=C/c1ccc(N2CC(=O)N(CC[Si](C)(C)C)S2(=O)=O)c(OCc2ccccc2)c1. The van der Waals surface area contributed by atoms with E-state index in [1.54, 1.807) is 17.0 Å².